The quantitative estimate of drug-likeness (QED) is 0.737. The van der Waals surface area contributed by atoms with Crippen LogP contribution in [0.1, 0.15) is 16.3 Å². The van der Waals surface area contributed by atoms with Gasteiger partial charge in [-0.3, -0.25) is 0 Å². The van der Waals surface area contributed by atoms with Gasteiger partial charge in [0.25, 0.3) is 0 Å². The molecule has 0 aliphatic carbocycles. The molecule has 0 amide bonds. The van der Waals surface area contributed by atoms with Gasteiger partial charge in [-0.2, -0.15) is 0 Å². The van der Waals surface area contributed by atoms with Crippen LogP contribution >= 0.6 is 31.9 Å². The molecule has 1 N–H and O–H groups in total. The summed E-state index contributed by atoms with van der Waals surface area (Å²) in [7, 11) is 2.92. The number of hydrogen-bond donors (Lipinski definition) is 1. The SMILES string of the molecule is COC(=O)c1ccc(CNc2cc(OC)c(Br)cc2Br)o1. The van der Waals surface area contributed by atoms with E-state index >= 15 is 0 Å². The lowest BCUT2D eigenvalue weighted by Gasteiger charge is -2.11. The topological polar surface area (TPSA) is 60.7 Å². The molecule has 2 rings (SSSR count). The maximum absolute atomic E-state index is 11.3. The van der Waals surface area contributed by atoms with Crippen molar-refractivity contribution in [3.63, 3.8) is 0 Å². The zero-order chi connectivity index (χ0) is 15.4. The van der Waals surface area contributed by atoms with Crippen LogP contribution in [0, 0.1) is 0 Å². The highest BCUT2D eigenvalue weighted by Gasteiger charge is 2.12. The molecule has 5 nitrogen and oxygen atoms in total. The van der Waals surface area contributed by atoms with E-state index in [4.69, 9.17) is 9.15 Å². The molecule has 2 aromatic rings. The van der Waals surface area contributed by atoms with Crippen LogP contribution in [0.15, 0.2) is 37.6 Å². The largest absolute Gasteiger partial charge is 0.495 e. The van der Waals surface area contributed by atoms with Gasteiger partial charge in [0, 0.05) is 10.5 Å². The van der Waals surface area contributed by atoms with Crippen LogP contribution in [0.4, 0.5) is 5.69 Å². The van der Waals surface area contributed by atoms with Crippen LogP contribution in [0.3, 0.4) is 0 Å². The Morgan fingerprint density at radius 1 is 1.24 bits per heavy atom. The van der Waals surface area contributed by atoms with Gasteiger partial charge >= 0.3 is 5.97 Å². The second-order valence-corrected chi connectivity index (χ2v) is 5.79. The van der Waals surface area contributed by atoms with Crippen LogP contribution in [0.5, 0.6) is 5.75 Å². The van der Waals surface area contributed by atoms with E-state index in [9.17, 15) is 4.79 Å². The molecule has 0 aliphatic rings. The molecule has 0 atom stereocenters. The fourth-order valence-corrected chi connectivity index (χ4v) is 2.98. The number of nitrogens with one attached hydrogen (secondary N) is 1. The summed E-state index contributed by atoms with van der Waals surface area (Å²) in [5.41, 5.74) is 0.853. The zero-order valence-electron chi connectivity index (χ0n) is 11.4. The number of methoxy groups -OCH3 is 2. The molecule has 1 heterocycles. The Morgan fingerprint density at radius 3 is 2.67 bits per heavy atom. The molecule has 0 unspecified atom stereocenters. The third-order valence-corrected chi connectivity index (χ3v) is 4.02. The molecule has 1 aromatic carbocycles. The number of furan rings is 1. The van der Waals surface area contributed by atoms with Crippen molar-refractivity contribution in [2.24, 2.45) is 0 Å². The van der Waals surface area contributed by atoms with Gasteiger partial charge in [-0.1, -0.05) is 0 Å². The maximum atomic E-state index is 11.3. The van der Waals surface area contributed by atoms with E-state index in [0.717, 1.165) is 20.4 Å². The Kier molecular flexibility index (Phi) is 5.30. The maximum Gasteiger partial charge on any atom is 0.373 e. The zero-order valence-corrected chi connectivity index (χ0v) is 14.6. The van der Waals surface area contributed by atoms with Gasteiger partial charge in [0.1, 0.15) is 11.5 Å². The van der Waals surface area contributed by atoms with Gasteiger partial charge < -0.3 is 19.2 Å². The van der Waals surface area contributed by atoms with E-state index in [2.05, 4.69) is 41.9 Å². The summed E-state index contributed by atoms with van der Waals surface area (Å²) in [4.78, 5) is 11.3. The fraction of sp³-hybridized carbons (Fsp3) is 0.214. The van der Waals surface area contributed by atoms with E-state index in [1.54, 1.807) is 19.2 Å². The third kappa shape index (κ3) is 3.79. The number of halogens is 2. The summed E-state index contributed by atoms with van der Waals surface area (Å²) >= 11 is 6.88. The van der Waals surface area contributed by atoms with Gasteiger partial charge in [-0.25, -0.2) is 4.79 Å². The van der Waals surface area contributed by atoms with Crippen molar-refractivity contribution in [3.05, 3.63) is 44.7 Å². The molecule has 0 saturated heterocycles. The number of carbonyl (C=O) groups excluding carboxylic acids is 1. The highest BCUT2D eigenvalue weighted by atomic mass is 79.9. The summed E-state index contributed by atoms with van der Waals surface area (Å²) in [5, 5.41) is 3.21. The lowest BCUT2D eigenvalue weighted by atomic mass is 10.3. The molecule has 0 saturated carbocycles. The first-order valence-corrected chi connectivity index (χ1v) is 7.57. The molecule has 0 fully saturated rings. The van der Waals surface area contributed by atoms with Crippen molar-refractivity contribution >= 4 is 43.5 Å². The first-order valence-electron chi connectivity index (χ1n) is 5.99. The molecule has 0 radical (unpaired) electrons. The monoisotopic (exact) mass is 417 g/mol. The van der Waals surface area contributed by atoms with Gasteiger partial charge in [-0.15, -0.1) is 0 Å². The standard InChI is InChI=1S/C14H13Br2NO4/c1-19-13-6-11(9(15)5-10(13)16)17-7-8-3-4-12(21-8)14(18)20-2/h3-6,17H,7H2,1-2H3. The third-order valence-electron chi connectivity index (χ3n) is 2.74. The lowest BCUT2D eigenvalue weighted by Crippen LogP contribution is -2.01. The number of esters is 1. The fourth-order valence-electron chi connectivity index (χ4n) is 1.69. The van der Waals surface area contributed by atoms with E-state index in [1.165, 1.54) is 7.11 Å². The second-order valence-electron chi connectivity index (χ2n) is 4.08. The predicted molar refractivity (Wildman–Crippen MR) is 85.8 cm³/mol. The molecule has 112 valence electrons. The first kappa shape index (κ1) is 15.9. The summed E-state index contributed by atoms with van der Waals surface area (Å²) in [6.07, 6.45) is 0. The van der Waals surface area contributed by atoms with E-state index in [1.807, 2.05) is 12.1 Å². The predicted octanol–water partition coefficient (Wildman–Crippen LogP) is 4.21. The number of rotatable bonds is 5. The Labute approximate surface area is 138 Å². The number of ether oxygens (including phenoxy) is 2. The van der Waals surface area contributed by atoms with Crippen molar-refractivity contribution in [1.82, 2.24) is 0 Å². The minimum Gasteiger partial charge on any atom is -0.495 e. The van der Waals surface area contributed by atoms with E-state index in [0.29, 0.717) is 12.3 Å². The highest BCUT2D eigenvalue weighted by molar-refractivity contribution is 9.11. The molecule has 21 heavy (non-hydrogen) atoms. The number of carbonyl (C=O) groups is 1. The molecular formula is C14H13Br2NO4. The Bertz CT molecular complexity index is 654. The summed E-state index contributed by atoms with van der Waals surface area (Å²) in [6, 6.07) is 7.06. The van der Waals surface area contributed by atoms with Gasteiger partial charge in [0.2, 0.25) is 5.76 Å². The minimum atomic E-state index is -0.493. The first-order chi connectivity index (χ1) is 10.0. The molecule has 0 aliphatic heterocycles. The average Bonchev–Trinajstić information content (AvgIpc) is 2.94. The molecular weight excluding hydrogens is 406 g/mol. The highest BCUT2D eigenvalue weighted by Crippen LogP contribution is 2.34. The van der Waals surface area contributed by atoms with Gasteiger partial charge in [0.05, 0.1) is 30.9 Å². The van der Waals surface area contributed by atoms with E-state index < -0.39 is 5.97 Å². The normalized spacial score (nSPS) is 10.3. The average molecular weight is 419 g/mol. The summed E-state index contributed by atoms with van der Waals surface area (Å²) in [5.74, 6) is 1.04. The second kappa shape index (κ2) is 7.00. The Morgan fingerprint density at radius 2 is 2.00 bits per heavy atom. The van der Waals surface area contributed by atoms with Crippen molar-refractivity contribution in [2.75, 3.05) is 19.5 Å². The summed E-state index contributed by atoms with van der Waals surface area (Å²) in [6.45, 7) is 0.431. The smallest absolute Gasteiger partial charge is 0.373 e. The number of anilines is 1. The van der Waals surface area contributed by atoms with Crippen molar-refractivity contribution in [1.29, 1.82) is 0 Å². The lowest BCUT2D eigenvalue weighted by molar-refractivity contribution is 0.0563. The number of benzene rings is 1. The van der Waals surface area contributed by atoms with Crippen LogP contribution in [0.2, 0.25) is 0 Å². The van der Waals surface area contributed by atoms with Crippen LogP contribution < -0.4 is 10.1 Å². The molecule has 0 bridgehead atoms. The number of hydrogen-bond acceptors (Lipinski definition) is 5. The van der Waals surface area contributed by atoms with Crippen molar-refractivity contribution in [2.45, 2.75) is 6.54 Å². The van der Waals surface area contributed by atoms with Gasteiger partial charge in [0.15, 0.2) is 0 Å². The van der Waals surface area contributed by atoms with Crippen LogP contribution in [-0.4, -0.2) is 20.2 Å². The molecule has 7 heteroatoms. The Hall–Kier alpha value is -1.47. The van der Waals surface area contributed by atoms with Crippen LogP contribution in [-0.2, 0) is 11.3 Å². The molecule has 1 aromatic heterocycles. The molecule has 0 spiro atoms. The van der Waals surface area contributed by atoms with Crippen LogP contribution in [0.25, 0.3) is 0 Å². The summed E-state index contributed by atoms with van der Waals surface area (Å²) < 4.78 is 17.0. The van der Waals surface area contributed by atoms with E-state index in [-0.39, 0.29) is 5.76 Å². The van der Waals surface area contributed by atoms with Crippen molar-refractivity contribution < 1.29 is 18.7 Å². The minimum absolute atomic E-state index is 0.182. The van der Waals surface area contributed by atoms with Crippen molar-refractivity contribution in [3.8, 4) is 5.75 Å². The Balaban J connectivity index is 2.09. The van der Waals surface area contributed by atoms with Gasteiger partial charge in [-0.05, 0) is 50.1 Å².